The Bertz CT molecular complexity index is 885. The quantitative estimate of drug-likeness (QED) is 0.773. The van der Waals surface area contributed by atoms with E-state index in [1.54, 1.807) is 11.3 Å². The predicted molar refractivity (Wildman–Crippen MR) is 95.4 cm³/mol. The first-order chi connectivity index (χ1) is 11.7. The van der Waals surface area contributed by atoms with Gasteiger partial charge in [-0.3, -0.25) is 4.79 Å². The van der Waals surface area contributed by atoms with Gasteiger partial charge in [0.15, 0.2) is 5.13 Å². The number of carbonyl (C=O) groups excluding carboxylic acids is 1. The molecule has 0 saturated carbocycles. The molecule has 3 aromatic rings. The van der Waals surface area contributed by atoms with Gasteiger partial charge in [0.2, 0.25) is 0 Å². The molecule has 4 nitrogen and oxygen atoms in total. The fraction of sp³-hybridized carbons (Fsp3) is 0.222. The van der Waals surface area contributed by atoms with Gasteiger partial charge in [-0.05, 0) is 55.3 Å². The minimum atomic E-state index is -0.355. The molecule has 1 saturated heterocycles. The van der Waals surface area contributed by atoms with Crippen LogP contribution in [0.4, 0.5) is 15.2 Å². The van der Waals surface area contributed by atoms with Crippen LogP contribution in [0.15, 0.2) is 42.5 Å². The molecule has 24 heavy (non-hydrogen) atoms. The molecule has 6 heteroatoms. The van der Waals surface area contributed by atoms with Gasteiger partial charge in [0.25, 0.3) is 5.91 Å². The number of benzene rings is 2. The van der Waals surface area contributed by atoms with Gasteiger partial charge in [-0.25, -0.2) is 9.37 Å². The lowest BCUT2D eigenvalue weighted by Gasteiger charge is -2.11. The van der Waals surface area contributed by atoms with Crippen molar-refractivity contribution in [2.24, 2.45) is 0 Å². The Labute approximate surface area is 142 Å². The van der Waals surface area contributed by atoms with E-state index in [4.69, 9.17) is 0 Å². The van der Waals surface area contributed by atoms with Crippen LogP contribution in [0, 0.1) is 5.82 Å². The number of halogens is 1. The van der Waals surface area contributed by atoms with Crippen molar-refractivity contribution < 1.29 is 9.18 Å². The molecule has 2 aromatic carbocycles. The van der Waals surface area contributed by atoms with Crippen molar-refractivity contribution in [3.63, 3.8) is 0 Å². The third kappa shape index (κ3) is 2.97. The van der Waals surface area contributed by atoms with Gasteiger partial charge in [0.05, 0.1) is 10.2 Å². The standard InChI is InChI=1S/C18H16FN3OS/c19-13-5-3-12(4-6-13)17(23)20-14-7-8-15-16(11-14)24-18(21-15)22-9-1-2-10-22/h3-8,11H,1-2,9-10H2,(H,20,23). The van der Waals surface area contributed by atoms with E-state index in [0.29, 0.717) is 11.3 Å². The van der Waals surface area contributed by atoms with Gasteiger partial charge in [-0.1, -0.05) is 11.3 Å². The van der Waals surface area contributed by atoms with Crippen molar-refractivity contribution in [1.29, 1.82) is 0 Å². The van der Waals surface area contributed by atoms with Crippen LogP contribution in [0.5, 0.6) is 0 Å². The van der Waals surface area contributed by atoms with Crippen LogP contribution >= 0.6 is 11.3 Å². The molecule has 1 aliphatic heterocycles. The molecule has 1 aromatic heterocycles. The van der Waals surface area contributed by atoms with Crippen molar-refractivity contribution in [2.75, 3.05) is 23.3 Å². The molecule has 0 spiro atoms. The molecule has 1 N–H and O–H groups in total. The summed E-state index contributed by atoms with van der Waals surface area (Å²) in [5.74, 6) is -0.606. The monoisotopic (exact) mass is 341 g/mol. The molecular weight excluding hydrogens is 325 g/mol. The molecule has 0 atom stereocenters. The van der Waals surface area contributed by atoms with E-state index >= 15 is 0 Å². The van der Waals surface area contributed by atoms with Crippen molar-refractivity contribution in [3.8, 4) is 0 Å². The molecule has 2 heterocycles. The van der Waals surface area contributed by atoms with Crippen LogP contribution in [-0.4, -0.2) is 24.0 Å². The SMILES string of the molecule is O=C(Nc1ccc2nc(N3CCCC3)sc2c1)c1ccc(F)cc1. The Morgan fingerprint density at radius 2 is 1.88 bits per heavy atom. The number of rotatable bonds is 3. The maximum Gasteiger partial charge on any atom is 0.255 e. The summed E-state index contributed by atoms with van der Waals surface area (Å²) in [7, 11) is 0. The van der Waals surface area contributed by atoms with Crippen LogP contribution in [-0.2, 0) is 0 Å². The average molecular weight is 341 g/mol. The number of nitrogens with one attached hydrogen (secondary N) is 1. The first kappa shape index (κ1) is 15.1. The molecule has 1 fully saturated rings. The molecule has 0 unspecified atom stereocenters. The minimum Gasteiger partial charge on any atom is -0.348 e. The smallest absolute Gasteiger partial charge is 0.255 e. The Balaban J connectivity index is 1.55. The second kappa shape index (κ2) is 6.20. The summed E-state index contributed by atoms with van der Waals surface area (Å²) in [6.45, 7) is 2.13. The fourth-order valence-corrected chi connectivity index (χ4v) is 3.89. The number of carbonyl (C=O) groups is 1. The number of nitrogens with zero attached hydrogens (tertiary/aromatic N) is 2. The fourth-order valence-electron chi connectivity index (χ4n) is 2.84. The number of hydrogen-bond acceptors (Lipinski definition) is 4. The second-order valence-electron chi connectivity index (χ2n) is 5.83. The Morgan fingerprint density at radius 3 is 2.62 bits per heavy atom. The van der Waals surface area contributed by atoms with Gasteiger partial charge in [-0.2, -0.15) is 0 Å². The number of thiazole rings is 1. The highest BCUT2D eigenvalue weighted by Gasteiger charge is 2.16. The van der Waals surface area contributed by atoms with E-state index in [2.05, 4.69) is 15.2 Å². The third-order valence-electron chi connectivity index (χ3n) is 4.12. The van der Waals surface area contributed by atoms with Crippen molar-refractivity contribution in [1.82, 2.24) is 4.98 Å². The van der Waals surface area contributed by atoms with E-state index < -0.39 is 0 Å². The van der Waals surface area contributed by atoms with E-state index in [0.717, 1.165) is 28.4 Å². The van der Waals surface area contributed by atoms with Gasteiger partial charge in [0, 0.05) is 24.3 Å². The lowest BCUT2D eigenvalue weighted by atomic mass is 10.2. The summed E-state index contributed by atoms with van der Waals surface area (Å²) in [5, 5.41) is 3.90. The van der Waals surface area contributed by atoms with Gasteiger partial charge in [0.1, 0.15) is 5.82 Å². The zero-order chi connectivity index (χ0) is 16.5. The lowest BCUT2D eigenvalue weighted by Crippen LogP contribution is -2.16. The first-order valence-electron chi connectivity index (χ1n) is 7.91. The normalized spacial score (nSPS) is 14.3. The van der Waals surface area contributed by atoms with E-state index in [9.17, 15) is 9.18 Å². The van der Waals surface area contributed by atoms with Crippen LogP contribution in [0.25, 0.3) is 10.2 Å². The van der Waals surface area contributed by atoms with Gasteiger partial charge < -0.3 is 10.2 Å². The number of anilines is 2. The number of aromatic nitrogens is 1. The van der Waals surface area contributed by atoms with E-state index in [1.165, 1.54) is 37.1 Å². The summed E-state index contributed by atoms with van der Waals surface area (Å²) in [6.07, 6.45) is 2.43. The lowest BCUT2D eigenvalue weighted by molar-refractivity contribution is 0.102. The largest absolute Gasteiger partial charge is 0.348 e. The predicted octanol–water partition coefficient (Wildman–Crippen LogP) is 4.29. The molecule has 1 amide bonds. The third-order valence-corrected chi connectivity index (χ3v) is 5.20. The van der Waals surface area contributed by atoms with Gasteiger partial charge >= 0.3 is 0 Å². The molecule has 1 aliphatic rings. The molecule has 122 valence electrons. The van der Waals surface area contributed by atoms with Gasteiger partial charge in [-0.15, -0.1) is 0 Å². The Hall–Kier alpha value is -2.47. The highest BCUT2D eigenvalue weighted by molar-refractivity contribution is 7.22. The molecule has 0 aliphatic carbocycles. The summed E-state index contributed by atoms with van der Waals surface area (Å²) in [6, 6.07) is 11.2. The zero-order valence-electron chi connectivity index (χ0n) is 13.0. The Morgan fingerprint density at radius 1 is 1.12 bits per heavy atom. The second-order valence-corrected chi connectivity index (χ2v) is 6.84. The highest BCUT2D eigenvalue weighted by atomic mass is 32.1. The summed E-state index contributed by atoms with van der Waals surface area (Å²) < 4.78 is 14.0. The maximum absolute atomic E-state index is 12.9. The zero-order valence-corrected chi connectivity index (χ0v) is 13.8. The summed E-state index contributed by atoms with van der Waals surface area (Å²) in [4.78, 5) is 19.2. The number of hydrogen-bond donors (Lipinski definition) is 1. The number of fused-ring (bicyclic) bond motifs is 1. The average Bonchev–Trinajstić information content (AvgIpc) is 3.24. The molecular formula is C18H16FN3OS. The highest BCUT2D eigenvalue weighted by Crippen LogP contribution is 2.32. The molecule has 0 bridgehead atoms. The summed E-state index contributed by atoms with van der Waals surface area (Å²) in [5.41, 5.74) is 2.09. The van der Waals surface area contributed by atoms with E-state index in [-0.39, 0.29) is 11.7 Å². The minimum absolute atomic E-state index is 0.251. The topological polar surface area (TPSA) is 45.2 Å². The first-order valence-corrected chi connectivity index (χ1v) is 8.73. The van der Waals surface area contributed by atoms with E-state index in [1.807, 2.05) is 18.2 Å². The van der Waals surface area contributed by atoms with Crippen LogP contribution < -0.4 is 10.2 Å². The Kier molecular flexibility index (Phi) is 3.90. The van der Waals surface area contributed by atoms with Crippen molar-refractivity contribution in [3.05, 3.63) is 53.8 Å². The van der Waals surface area contributed by atoms with Crippen LogP contribution in [0.1, 0.15) is 23.2 Å². The maximum atomic E-state index is 12.9. The van der Waals surface area contributed by atoms with Crippen LogP contribution in [0.3, 0.4) is 0 Å². The molecule has 4 rings (SSSR count). The summed E-state index contributed by atoms with van der Waals surface area (Å²) >= 11 is 1.65. The van der Waals surface area contributed by atoms with Crippen molar-refractivity contribution >= 4 is 38.3 Å². The van der Waals surface area contributed by atoms with Crippen molar-refractivity contribution in [2.45, 2.75) is 12.8 Å². The number of amides is 1. The molecule has 0 radical (unpaired) electrons. The van der Waals surface area contributed by atoms with Crippen LogP contribution in [0.2, 0.25) is 0 Å².